The van der Waals surface area contributed by atoms with Gasteiger partial charge in [0.15, 0.2) is 6.10 Å². The number of aliphatic carboxylic acids is 1. The Morgan fingerprint density at radius 3 is 2.79 bits per heavy atom. The molecule has 1 amide bonds. The first-order valence-corrected chi connectivity index (χ1v) is 6.84. The van der Waals surface area contributed by atoms with Gasteiger partial charge in [-0.3, -0.25) is 4.79 Å². The number of carbonyl (C=O) groups excluding carboxylic acids is 1. The highest BCUT2D eigenvalue weighted by Gasteiger charge is 2.34. The lowest BCUT2D eigenvalue weighted by atomic mass is 9.79. The monoisotopic (exact) mass is 271 g/mol. The van der Waals surface area contributed by atoms with E-state index in [4.69, 9.17) is 14.6 Å². The molecule has 2 rings (SSSR count). The first kappa shape index (κ1) is 14.3. The molecular formula is C13H21NO5. The van der Waals surface area contributed by atoms with Crippen molar-refractivity contribution in [2.75, 3.05) is 26.3 Å². The van der Waals surface area contributed by atoms with Gasteiger partial charge in [-0.1, -0.05) is 0 Å². The Hall–Kier alpha value is -1.14. The Balaban J connectivity index is 1.73. The van der Waals surface area contributed by atoms with Crippen LogP contribution in [0.5, 0.6) is 0 Å². The van der Waals surface area contributed by atoms with Crippen LogP contribution in [0.25, 0.3) is 0 Å². The van der Waals surface area contributed by atoms with Crippen molar-refractivity contribution < 1.29 is 24.2 Å². The quantitative estimate of drug-likeness (QED) is 0.788. The van der Waals surface area contributed by atoms with Gasteiger partial charge in [0.2, 0.25) is 5.91 Å². The van der Waals surface area contributed by atoms with E-state index in [-0.39, 0.29) is 12.5 Å². The molecule has 0 aromatic carbocycles. The van der Waals surface area contributed by atoms with Crippen molar-refractivity contribution >= 4 is 11.9 Å². The van der Waals surface area contributed by atoms with Crippen LogP contribution in [0, 0.1) is 5.92 Å². The number of ether oxygens (including phenoxy) is 2. The highest BCUT2D eigenvalue weighted by atomic mass is 16.5. The molecule has 1 saturated carbocycles. The second kappa shape index (κ2) is 6.34. The third kappa shape index (κ3) is 3.67. The van der Waals surface area contributed by atoms with E-state index in [9.17, 15) is 9.59 Å². The van der Waals surface area contributed by atoms with Gasteiger partial charge in [-0.05, 0) is 25.7 Å². The maximum atomic E-state index is 12.1. The second-order valence-electron chi connectivity index (χ2n) is 5.16. The predicted octanol–water partition coefficient (Wildman–Crippen LogP) is 0.504. The number of morpholine rings is 1. The van der Waals surface area contributed by atoms with E-state index in [1.54, 1.807) is 4.90 Å². The Labute approximate surface area is 112 Å². The van der Waals surface area contributed by atoms with Crippen molar-refractivity contribution in [2.45, 2.75) is 38.4 Å². The van der Waals surface area contributed by atoms with Crippen LogP contribution in [0.15, 0.2) is 0 Å². The third-order valence-electron chi connectivity index (χ3n) is 3.75. The van der Waals surface area contributed by atoms with Crippen LogP contribution in [-0.4, -0.2) is 60.4 Å². The zero-order valence-corrected chi connectivity index (χ0v) is 11.2. The molecule has 2 fully saturated rings. The van der Waals surface area contributed by atoms with Gasteiger partial charge in [-0.2, -0.15) is 0 Å². The van der Waals surface area contributed by atoms with Crippen molar-refractivity contribution in [3.8, 4) is 0 Å². The minimum absolute atomic E-state index is 0.0366. The molecule has 0 bridgehead atoms. The van der Waals surface area contributed by atoms with Crippen LogP contribution in [0.2, 0.25) is 0 Å². The van der Waals surface area contributed by atoms with Gasteiger partial charge in [-0.15, -0.1) is 0 Å². The van der Waals surface area contributed by atoms with Crippen molar-refractivity contribution in [3.63, 3.8) is 0 Å². The molecule has 1 atom stereocenters. The van der Waals surface area contributed by atoms with Crippen molar-refractivity contribution in [1.82, 2.24) is 4.90 Å². The average molecular weight is 271 g/mol. The lowest BCUT2D eigenvalue weighted by molar-refractivity contribution is -0.160. The highest BCUT2D eigenvalue weighted by Crippen LogP contribution is 2.33. The van der Waals surface area contributed by atoms with Gasteiger partial charge in [-0.25, -0.2) is 4.79 Å². The van der Waals surface area contributed by atoms with E-state index in [1.807, 2.05) is 6.92 Å². The lowest BCUT2D eigenvalue weighted by Gasteiger charge is -2.37. The molecule has 2 aliphatic rings. The number of carboxylic acid groups (broad SMARTS) is 1. The zero-order chi connectivity index (χ0) is 13.8. The topological polar surface area (TPSA) is 76.1 Å². The fourth-order valence-electron chi connectivity index (χ4n) is 2.61. The van der Waals surface area contributed by atoms with Gasteiger partial charge in [0.1, 0.15) is 0 Å². The highest BCUT2D eigenvalue weighted by molar-refractivity contribution is 5.79. The second-order valence-corrected chi connectivity index (χ2v) is 5.16. The van der Waals surface area contributed by atoms with Crippen molar-refractivity contribution in [3.05, 3.63) is 0 Å². The number of nitrogens with zero attached hydrogens (tertiary/aromatic N) is 1. The summed E-state index contributed by atoms with van der Waals surface area (Å²) >= 11 is 0. The first-order chi connectivity index (χ1) is 9.10. The van der Waals surface area contributed by atoms with E-state index >= 15 is 0 Å². The zero-order valence-electron chi connectivity index (χ0n) is 11.2. The van der Waals surface area contributed by atoms with Gasteiger partial charge < -0.3 is 19.5 Å². The molecule has 1 aliphatic heterocycles. The van der Waals surface area contributed by atoms with Crippen LogP contribution in [0.1, 0.15) is 26.2 Å². The summed E-state index contributed by atoms with van der Waals surface area (Å²) in [7, 11) is 0. The fourth-order valence-corrected chi connectivity index (χ4v) is 2.61. The summed E-state index contributed by atoms with van der Waals surface area (Å²) in [6.07, 6.45) is 1.79. The molecule has 1 saturated heterocycles. The van der Waals surface area contributed by atoms with Crippen molar-refractivity contribution in [2.24, 2.45) is 5.92 Å². The van der Waals surface area contributed by atoms with E-state index in [0.717, 1.165) is 19.4 Å². The summed E-state index contributed by atoms with van der Waals surface area (Å²) in [6.45, 7) is 3.64. The Bertz CT molecular complexity index is 340. The molecule has 1 aliphatic carbocycles. The van der Waals surface area contributed by atoms with E-state index in [0.29, 0.717) is 31.6 Å². The molecule has 0 aromatic heterocycles. The van der Waals surface area contributed by atoms with E-state index in [1.165, 1.54) is 0 Å². The van der Waals surface area contributed by atoms with E-state index < -0.39 is 12.1 Å². The maximum absolute atomic E-state index is 12.1. The van der Waals surface area contributed by atoms with Gasteiger partial charge in [0.25, 0.3) is 0 Å². The van der Waals surface area contributed by atoms with Crippen LogP contribution in [0.3, 0.4) is 0 Å². The van der Waals surface area contributed by atoms with Crippen LogP contribution < -0.4 is 0 Å². The minimum Gasteiger partial charge on any atom is -0.479 e. The Morgan fingerprint density at radius 2 is 2.16 bits per heavy atom. The summed E-state index contributed by atoms with van der Waals surface area (Å²) in [5.41, 5.74) is 0. The number of hydrogen-bond donors (Lipinski definition) is 1. The maximum Gasteiger partial charge on any atom is 0.334 e. The summed E-state index contributed by atoms with van der Waals surface area (Å²) in [5.74, 6) is -0.581. The largest absolute Gasteiger partial charge is 0.479 e. The normalized spacial score (nSPS) is 30.8. The summed E-state index contributed by atoms with van der Waals surface area (Å²) in [6, 6.07) is 0. The number of carboxylic acids is 1. The standard InChI is InChI=1S/C13H21NO5/c1-2-18-10-5-9(6-10)7-12(15)14-3-4-19-11(8-14)13(16)17/h9-11H,2-8H2,1H3,(H,16,17). The Morgan fingerprint density at radius 1 is 1.42 bits per heavy atom. The fraction of sp³-hybridized carbons (Fsp3) is 0.846. The van der Waals surface area contributed by atoms with Gasteiger partial charge in [0.05, 0.1) is 19.3 Å². The van der Waals surface area contributed by atoms with Crippen molar-refractivity contribution in [1.29, 1.82) is 0 Å². The molecule has 19 heavy (non-hydrogen) atoms. The lowest BCUT2D eigenvalue weighted by Crippen LogP contribution is -2.49. The molecule has 0 aromatic rings. The molecule has 1 unspecified atom stereocenters. The molecule has 1 heterocycles. The summed E-state index contributed by atoms with van der Waals surface area (Å²) in [4.78, 5) is 24.5. The molecule has 0 radical (unpaired) electrons. The molecule has 108 valence electrons. The molecule has 1 N–H and O–H groups in total. The van der Waals surface area contributed by atoms with Crippen LogP contribution in [0.4, 0.5) is 0 Å². The van der Waals surface area contributed by atoms with E-state index in [2.05, 4.69) is 0 Å². The Kier molecular flexibility index (Phi) is 4.76. The average Bonchev–Trinajstić information content (AvgIpc) is 2.36. The number of amides is 1. The van der Waals surface area contributed by atoms with Gasteiger partial charge in [0, 0.05) is 19.6 Å². The summed E-state index contributed by atoms with van der Waals surface area (Å²) < 4.78 is 10.6. The predicted molar refractivity (Wildman–Crippen MR) is 66.7 cm³/mol. The molecule has 0 spiro atoms. The molecule has 6 heteroatoms. The molecular weight excluding hydrogens is 250 g/mol. The smallest absolute Gasteiger partial charge is 0.334 e. The minimum atomic E-state index is -1.00. The SMILES string of the molecule is CCOC1CC(CC(=O)N2CCOC(C(=O)O)C2)C1. The van der Waals surface area contributed by atoms with Gasteiger partial charge >= 0.3 is 5.97 Å². The number of rotatable bonds is 5. The number of hydrogen-bond acceptors (Lipinski definition) is 4. The first-order valence-electron chi connectivity index (χ1n) is 6.84. The van der Waals surface area contributed by atoms with Crippen LogP contribution >= 0.6 is 0 Å². The third-order valence-corrected chi connectivity index (χ3v) is 3.75. The van der Waals surface area contributed by atoms with Crippen LogP contribution in [-0.2, 0) is 19.1 Å². The number of carbonyl (C=O) groups is 2. The summed E-state index contributed by atoms with van der Waals surface area (Å²) in [5, 5.41) is 8.89. The molecule has 6 nitrogen and oxygen atoms in total.